The first-order valence-corrected chi connectivity index (χ1v) is 14.1. The maximum atomic E-state index is 12.4. The first kappa shape index (κ1) is 38.6. The molecule has 0 spiro atoms. The van der Waals surface area contributed by atoms with Crippen LogP contribution in [0.2, 0.25) is 0 Å². The van der Waals surface area contributed by atoms with Crippen molar-refractivity contribution >= 4 is 23.9 Å². The molecule has 16 heteroatoms. The highest BCUT2D eigenvalue weighted by atomic mass is 16.6. The molecule has 16 nitrogen and oxygen atoms in total. The van der Waals surface area contributed by atoms with Crippen molar-refractivity contribution in [1.82, 2.24) is 21.3 Å². The molecule has 0 aromatic carbocycles. The number of rotatable bonds is 28. The molecule has 0 aliphatic heterocycles. The Hall–Kier alpha value is -2.44. The van der Waals surface area contributed by atoms with Gasteiger partial charge >= 0.3 is 23.9 Å². The lowest BCUT2D eigenvalue weighted by Crippen LogP contribution is -2.44. The summed E-state index contributed by atoms with van der Waals surface area (Å²) in [5.74, 6) is -2.15. The van der Waals surface area contributed by atoms with Crippen LogP contribution in [0.25, 0.3) is 0 Å². The molecule has 0 rings (SSSR count). The first-order valence-electron chi connectivity index (χ1n) is 14.1. The highest BCUT2D eigenvalue weighted by Crippen LogP contribution is 2.22. The zero-order valence-corrected chi connectivity index (χ0v) is 24.2. The minimum Gasteiger partial charge on any atom is -0.465 e. The number of carbonyl (C=O) groups is 4. The average molecular weight is 593 g/mol. The predicted octanol–water partition coefficient (Wildman–Crippen LogP) is -4.10. The van der Waals surface area contributed by atoms with E-state index < -0.39 is 29.3 Å². The third-order valence-electron chi connectivity index (χ3n) is 5.47. The summed E-state index contributed by atoms with van der Waals surface area (Å²) in [5.41, 5.74) is 20.4. The maximum Gasteiger partial charge on any atom is 0.307 e. The number of nitrogens with one attached hydrogen (secondary N) is 4. The van der Waals surface area contributed by atoms with E-state index in [0.717, 1.165) is 0 Å². The molecule has 12 N–H and O–H groups in total. The molecule has 0 fully saturated rings. The van der Waals surface area contributed by atoms with Crippen molar-refractivity contribution in [3.63, 3.8) is 0 Å². The molecule has 0 radical (unpaired) electrons. The molecule has 41 heavy (non-hydrogen) atoms. The summed E-state index contributed by atoms with van der Waals surface area (Å²) in [6, 6.07) is 0. The van der Waals surface area contributed by atoms with E-state index in [1.807, 2.05) is 0 Å². The highest BCUT2D eigenvalue weighted by molar-refractivity contribution is 5.71. The number of hydrogen-bond donors (Lipinski definition) is 8. The molecule has 0 aliphatic carbocycles. The van der Waals surface area contributed by atoms with Gasteiger partial charge in [0.2, 0.25) is 0 Å². The molecule has 0 saturated heterocycles. The number of carbonyl (C=O) groups excluding carboxylic acids is 4. The second-order valence-electron chi connectivity index (χ2n) is 9.30. The van der Waals surface area contributed by atoms with Gasteiger partial charge in [-0.05, 0) is 0 Å². The van der Waals surface area contributed by atoms with Gasteiger partial charge in [0.15, 0.2) is 0 Å². The molecule has 0 heterocycles. The van der Waals surface area contributed by atoms with Crippen LogP contribution in [0.1, 0.15) is 25.7 Å². The third kappa shape index (κ3) is 22.9. The number of ether oxygens (including phenoxy) is 4. The Morgan fingerprint density at radius 2 is 0.634 bits per heavy atom. The molecule has 0 aromatic rings. The van der Waals surface area contributed by atoms with Crippen LogP contribution in [0.15, 0.2) is 0 Å². The topological polar surface area (TPSA) is 257 Å². The van der Waals surface area contributed by atoms with Gasteiger partial charge < -0.3 is 63.1 Å². The van der Waals surface area contributed by atoms with Crippen molar-refractivity contribution in [2.45, 2.75) is 25.7 Å². The summed E-state index contributed by atoms with van der Waals surface area (Å²) in [4.78, 5) is 49.6. The molecule has 0 atom stereocenters. The summed E-state index contributed by atoms with van der Waals surface area (Å²) >= 11 is 0. The standard InChI is InChI=1S/C25H52N8O8/c26-5-13-30-9-1-21(34)38-17-25(18-39-22(35)2-10-31-14-6-27,19-40-23(36)3-11-32-15-7-28)20-41-24(37)4-12-33-16-8-29/h30-33H,1-20,26-29H2. The molecule has 0 saturated carbocycles. The van der Waals surface area contributed by atoms with Gasteiger partial charge in [0, 0.05) is 78.5 Å². The normalized spacial score (nSPS) is 11.2. The Morgan fingerprint density at radius 1 is 0.415 bits per heavy atom. The average Bonchev–Trinajstić information content (AvgIpc) is 2.97. The molecular formula is C25H52N8O8. The van der Waals surface area contributed by atoms with Crippen LogP contribution in [0, 0.1) is 5.41 Å². The fourth-order valence-electron chi connectivity index (χ4n) is 3.14. The lowest BCUT2D eigenvalue weighted by atomic mass is 9.92. The van der Waals surface area contributed by atoms with Crippen molar-refractivity contribution in [1.29, 1.82) is 0 Å². The van der Waals surface area contributed by atoms with E-state index in [9.17, 15) is 19.2 Å². The van der Waals surface area contributed by atoms with E-state index in [1.165, 1.54) is 0 Å². The van der Waals surface area contributed by atoms with Gasteiger partial charge in [-0.15, -0.1) is 0 Å². The van der Waals surface area contributed by atoms with Crippen LogP contribution in [0.3, 0.4) is 0 Å². The van der Waals surface area contributed by atoms with Crippen molar-refractivity contribution in [3.8, 4) is 0 Å². The minimum absolute atomic E-state index is 0.0574. The van der Waals surface area contributed by atoms with Gasteiger partial charge in [-0.2, -0.15) is 0 Å². The Kier molecular flexibility index (Phi) is 24.9. The molecular weight excluding hydrogens is 540 g/mol. The van der Waals surface area contributed by atoms with E-state index in [4.69, 9.17) is 41.9 Å². The van der Waals surface area contributed by atoms with Crippen molar-refractivity contribution in [2.24, 2.45) is 28.3 Å². The fraction of sp³-hybridized carbons (Fsp3) is 0.840. The highest BCUT2D eigenvalue weighted by Gasteiger charge is 2.38. The molecule has 0 amide bonds. The van der Waals surface area contributed by atoms with Crippen LogP contribution < -0.4 is 44.2 Å². The van der Waals surface area contributed by atoms with Crippen LogP contribution in [0.5, 0.6) is 0 Å². The van der Waals surface area contributed by atoms with Gasteiger partial charge in [-0.25, -0.2) is 0 Å². The van der Waals surface area contributed by atoms with Crippen LogP contribution >= 0.6 is 0 Å². The molecule has 0 bridgehead atoms. The Labute approximate surface area is 242 Å². The van der Waals surface area contributed by atoms with Crippen molar-refractivity contribution < 1.29 is 38.1 Å². The number of nitrogens with two attached hydrogens (primary N) is 4. The zero-order chi connectivity index (χ0) is 30.6. The quantitative estimate of drug-likeness (QED) is 0.0244. The monoisotopic (exact) mass is 592 g/mol. The number of hydrogen-bond acceptors (Lipinski definition) is 16. The Balaban J connectivity index is 5.47. The SMILES string of the molecule is NCCNCCC(=O)OCC(COC(=O)CCNCCN)(COC(=O)CCNCCN)COC(=O)CCNCCN. The summed E-state index contributed by atoms with van der Waals surface area (Å²) in [7, 11) is 0. The first-order chi connectivity index (χ1) is 19.8. The van der Waals surface area contributed by atoms with Gasteiger partial charge in [0.05, 0.1) is 25.7 Å². The fourth-order valence-corrected chi connectivity index (χ4v) is 3.14. The largest absolute Gasteiger partial charge is 0.465 e. The minimum atomic E-state index is -1.33. The van der Waals surface area contributed by atoms with Crippen LogP contribution in [-0.4, -0.2) is 129 Å². The van der Waals surface area contributed by atoms with Crippen LogP contribution in [-0.2, 0) is 38.1 Å². The smallest absolute Gasteiger partial charge is 0.307 e. The predicted molar refractivity (Wildman–Crippen MR) is 152 cm³/mol. The molecule has 240 valence electrons. The van der Waals surface area contributed by atoms with Crippen LogP contribution in [0.4, 0.5) is 0 Å². The number of esters is 4. The van der Waals surface area contributed by atoms with Gasteiger partial charge in [-0.3, -0.25) is 19.2 Å². The Bertz CT molecular complexity index is 600. The second-order valence-corrected chi connectivity index (χ2v) is 9.30. The maximum absolute atomic E-state index is 12.4. The third-order valence-corrected chi connectivity index (χ3v) is 5.47. The molecule has 0 aromatic heterocycles. The van der Waals surface area contributed by atoms with E-state index in [0.29, 0.717) is 78.5 Å². The summed E-state index contributed by atoms with van der Waals surface area (Å²) in [6.07, 6.45) is 0.230. The van der Waals surface area contributed by atoms with E-state index >= 15 is 0 Å². The van der Waals surface area contributed by atoms with Crippen molar-refractivity contribution in [3.05, 3.63) is 0 Å². The summed E-state index contributed by atoms with van der Waals surface area (Å²) in [5, 5.41) is 12.0. The van der Waals surface area contributed by atoms with Gasteiger partial charge in [-0.1, -0.05) is 0 Å². The summed E-state index contributed by atoms with van der Waals surface area (Å²) in [6.45, 7) is 3.97. The lowest BCUT2D eigenvalue weighted by molar-refractivity contribution is -0.170. The van der Waals surface area contributed by atoms with E-state index in [-0.39, 0.29) is 52.1 Å². The second kappa shape index (κ2) is 26.5. The molecule has 0 unspecified atom stereocenters. The van der Waals surface area contributed by atoms with Gasteiger partial charge in [0.25, 0.3) is 0 Å². The molecule has 0 aliphatic rings. The zero-order valence-electron chi connectivity index (χ0n) is 24.2. The van der Waals surface area contributed by atoms with Crippen molar-refractivity contribution in [2.75, 3.05) is 105 Å². The van der Waals surface area contributed by atoms with Gasteiger partial charge in [0.1, 0.15) is 31.8 Å². The Morgan fingerprint density at radius 3 is 0.829 bits per heavy atom. The lowest BCUT2D eigenvalue weighted by Gasteiger charge is -2.31. The van der Waals surface area contributed by atoms with E-state index in [2.05, 4.69) is 21.3 Å². The van der Waals surface area contributed by atoms with E-state index in [1.54, 1.807) is 0 Å². The summed E-state index contributed by atoms with van der Waals surface area (Å²) < 4.78 is 21.8.